The van der Waals surface area contributed by atoms with Gasteiger partial charge in [-0.3, -0.25) is 0 Å². The Kier molecular flexibility index (Phi) is 3.24. The third kappa shape index (κ3) is 2.36. The highest BCUT2D eigenvalue weighted by molar-refractivity contribution is 5.69. The fourth-order valence-electron chi connectivity index (χ4n) is 1.35. The van der Waals surface area contributed by atoms with Crippen LogP contribution in [0.15, 0.2) is 22.7 Å². The van der Waals surface area contributed by atoms with Crippen molar-refractivity contribution in [2.75, 3.05) is 6.61 Å². The van der Waals surface area contributed by atoms with Crippen molar-refractivity contribution in [1.29, 1.82) is 0 Å². The molecule has 0 aliphatic carbocycles. The van der Waals surface area contributed by atoms with E-state index in [9.17, 15) is 10.2 Å². The topological polar surface area (TPSA) is 88.6 Å². The molecule has 0 bridgehead atoms. The molecule has 6 heteroatoms. The van der Waals surface area contributed by atoms with E-state index in [0.717, 1.165) is 0 Å². The fraction of sp³-hybridized carbons (Fsp3) is 0.273. The number of benzene rings is 1. The lowest BCUT2D eigenvalue weighted by molar-refractivity contribution is 0.126. The first kappa shape index (κ1) is 11.4. The summed E-state index contributed by atoms with van der Waals surface area (Å²) < 4.78 is 10.1. The average molecular weight is 236 g/mol. The molecular formula is C11H12N2O4. The van der Waals surface area contributed by atoms with Gasteiger partial charge in [0.1, 0.15) is 23.7 Å². The van der Waals surface area contributed by atoms with Gasteiger partial charge in [0.05, 0.1) is 0 Å². The first-order chi connectivity index (χ1) is 8.22. The van der Waals surface area contributed by atoms with Gasteiger partial charge in [-0.2, -0.15) is 4.98 Å². The van der Waals surface area contributed by atoms with Crippen LogP contribution in [0.1, 0.15) is 12.7 Å². The summed E-state index contributed by atoms with van der Waals surface area (Å²) in [6, 6.07) is 4.38. The van der Waals surface area contributed by atoms with Crippen LogP contribution in [0.5, 0.6) is 11.5 Å². The second-order valence-corrected chi connectivity index (χ2v) is 3.32. The molecule has 6 nitrogen and oxygen atoms in total. The van der Waals surface area contributed by atoms with Crippen molar-refractivity contribution in [3.63, 3.8) is 0 Å². The van der Waals surface area contributed by atoms with Crippen molar-refractivity contribution >= 4 is 0 Å². The molecule has 0 amide bonds. The Morgan fingerprint density at radius 2 is 2.00 bits per heavy atom. The van der Waals surface area contributed by atoms with E-state index in [4.69, 9.17) is 9.26 Å². The van der Waals surface area contributed by atoms with E-state index in [1.807, 2.05) is 6.92 Å². The Morgan fingerprint density at radius 3 is 2.65 bits per heavy atom. The monoisotopic (exact) mass is 236 g/mol. The average Bonchev–Trinajstić information content (AvgIpc) is 2.75. The second-order valence-electron chi connectivity index (χ2n) is 3.32. The largest absolute Gasteiger partial charge is 0.507 e. The molecule has 1 heterocycles. The first-order valence-electron chi connectivity index (χ1n) is 5.14. The third-order valence-electron chi connectivity index (χ3n) is 2.14. The molecule has 0 aliphatic rings. The molecule has 2 rings (SSSR count). The molecule has 0 aliphatic heterocycles. The maximum Gasteiger partial charge on any atom is 0.265 e. The summed E-state index contributed by atoms with van der Waals surface area (Å²) in [6.45, 7) is 2.63. The van der Waals surface area contributed by atoms with Gasteiger partial charge in [0.15, 0.2) is 5.82 Å². The van der Waals surface area contributed by atoms with Crippen LogP contribution in [-0.4, -0.2) is 27.0 Å². The van der Waals surface area contributed by atoms with Crippen molar-refractivity contribution in [2.24, 2.45) is 0 Å². The molecular weight excluding hydrogens is 224 g/mol. The number of hydrogen-bond acceptors (Lipinski definition) is 6. The minimum Gasteiger partial charge on any atom is -0.507 e. The van der Waals surface area contributed by atoms with Crippen LogP contribution in [0.3, 0.4) is 0 Å². The number of rotatable bonds is 4. The zero-order chi connectivity index (χ0) is 12.3. The Hall–Kier alpha value is -2.08. The van der Waals surface area contributed by atoms with Crippen LogP contribution >= 0.6 is 0 Å². The number of phenolic OH excluding ortho intramolecular Hbond substituents is 2. The highest BCUT2D eigenvalue weighted by atomic mass is 16.5. The normalized spacial score (nSPS) is 10.6. The predicted molar refractivity (Wildman–Crippen MR) is 58.4 cm³/mol. The Balaban J connectivity index is 2.30. The van der Waals surface area contributed by atoms with E-state index in [1.165, 1.54) is 18.2 Å². The molecule has 1 aromatic carbocycles. The van der Waals surface area contributed by atoms with Gasteiger partial charge in [-0.15, -0.1) is 0 Å². The van der Waals surface area contributed by atoms with E-state index in [0.29, 0.717) is 12.4 Å². The van der Waals surface area contributed by atoms with Crippen molar-refractivity contribution < 1.29 is 19.5 Å². The zero-order valence-corrected chi connectivity index (χ0v) is 9.25. The number of aromatic nitrogens is 2. The zero-order valence-electron chi connectivity index (χ0n) is 9.25. The van der Waals surface area contributed by atoms with Crippen LogP contribution in [0.25, 0.3) is 11.5 Å². The number of aromatic hydroxyl groups is 2. The van der Waals surface area contributed by atoms with Gasteiger partial charge in [0, 0.05) is 6.61 Å². The number of nitrogens with zero attached hydrogens (tertiary/aromatic N) is 2. The molecule has 0 saturated carbocycles. The Labute approximate surface area is 97.5 Å². The lowest BCUT2D eigenvalue weighted by atomic mass is 10.2. The molecule has 90 valence electrons. The van der Waals surface area contributed by atoms with Crippen molar-refractivity contribution in [3.05, 3.63) is 24.0 Å². The van der Waals surface area contributed by atoms with Gasteiger partial charge in [-0.1, -0.05) is 11.2 Å². The summed E-state index contributed by atoms with van der Waals surface area (Å²) >= 11 is 0. The quantitative estimate of drug-likeness (QED) is 0.839. The second kappa shape index (κ2) is 4.84. The third-order valence-corrected chi connectivity index (χ3v) is 2.14. The van der Waals surface area contributed by atoms with E-state index < -0.39 is 0 Å². The highest BCUT2D eigenvalue weighted by Gasteiger charge is 2.16. The van der Waals surface area contributed by atoms with Crippen LogP contribution in [0, 0.1) is 0 Å². The summed E-state index contributed by atoms with van der Waals surface area (Å²) in [7, 11) is 0. The van der Waals surface area contributed by atoms with Crippen LogP contribution in [-0.2, 0) is 11.3 Å². The van der Waals surface area contributed by atoms with Gasteiger partial charge in [-0.25, -0.2) is 0 Å². The molecule has 0 atom stereocenters. The van der Waals surface area contributed by atoms with E-state index >= 15 is 0 Å². The van der Waals surface area contributed by atoms with Crippen LogP contribution < -0.4 is 0 Å². The van der Waals surface area contributed by atoms with Crippen molar-refractivity contribution in [3.8, 4) is 23.0 Å². The number of ether oxygens (including phenoxy) is 1. The number of phenols is 2. The van der Waals surface area contributed by atoms with Crippen LogP contribution in [0.2, 0.25) is 0 Å². The fourth-order valence-corrected chi connectivity index (χ4v) is 1.35. The number of hydrogen-bond donors (Lipinski definition) is 2. The molecule has 0 radical (unpaired) electrons. The summed E-state index contributed by atoms with van der Waals surface area (Å²) in [5.74, 6) is 0.202. The van der Waals surface area contributed by atoms with Gasteiger partial charge < -0.3 is 19.5 Å². The Morgan fingerprint density at radius 1 is 1.29 bits per heavy atom. The van der Waals surface area contributed by atoms with Gasteiger partial charge in [-0.05, 0) is 19.1 Å². The molecule has 2 N–H and O–H groups in total. The first-order valence-corrected chi connectivity index (χ1v) is 5.14. The van der Waals surface area contributed by atoms with Gasteiger partial charge in [0.25, 0.3) is 5.89 Å². The molecule has 0 spiro atoms. The van der Waals surface area contributed by atoms with Gasteiger partial charge in [0.2, 0.25) is 0 Å². The Bertz CT molecular complexity index is 490. The minimum atomic E-state index is -0.114. The smallest absolute Gasteiger partial charge is 0.265 e. The highest BCUT2D eigenvalue weighted by Crippen LogP contribution is 2.35. The summed E-state index contributed by atoms with van der Waals surface area (Å²) in [6.07, 6.45) is 0. The molecule has 17 heavy (non-hydrogen) atoms. The summed E-state index contributed by atoms with van der Waals surface area (Å²) in [5, 5.41) is 22.9. The summed E-state index contributed by atoms with van der Waals surface area (Å²) in [4.78, 5) is 4.02. The predicted octanol–water partition coefficient (Wildman–Crippen LogP) is 1.68. The van der Waals surface area contributed by atoms with E-state index in [1.54, 1.807) is 0 Å². The maximum atomic E-state index is 9.61. The lowest BCUT2D eigenvalue weighted by Gasteiger charge is -2.00. The standard InChI is InChI=1S/C11H12N2O4/c1-2-16-6-9-12-11(17-13-9)10-7(14)4-3-5-8(10)15/h3-5,14-15H,2,6H2,1H3. The molecule has 0 saturated heterocycles. The maximum absolute atomic E-state index is 9.61. The van der Waals surface area contributed by atoms with Crippen LogP contribution in [0.4, 0.5) is 0 Å². The minimum absolute atomic E-state index is 0.0651. The van der Waals surface area contributed by atoms with E-state index in [-0.39, 0.29) is 29.6 Å². The van der Waals surface area contributed by atoms with Crippen molar-refractivity contribution in [1.82, 2.24) is 10.1 Å². The summed E-state index contributed by atoms with van der Waals surface area (Å²) in [5.41, 5.74) is 0.128. The SMILES string of the molecule is CCOCc1noc(-c2c(O)cccc2O)n1. The molecule has 1 aromatic heterocycles. The molecule has 0 unspecified atom stereocenters. The lowest BCUT2D eigenvalue weighted by Crippen LogP contribution is -1.93. The van der Waals surface area contributed by atoms with Gasteiger partial charge >= 0.3 is 0 Å². The van der Waals surface area contributed by atoms with E-state index in [2.05, 4.69) is 10.1 Å². The van der Waals surface area contributed by atoms with Crippen molar-refractivity contribution in [2.45, 2.75) is 13.5 Å². The molecule has 0 fully saturated rings. The molecule has 2 aromatic rings.